The topological polar surface area (TPSA) is 32.3 Å². The van der Waals surface area contributed by atoms with E-state index in [1.807, 2.05) is 0 Å². The van der Waals surface area contributed by atoms with E-state index >= 15 is 0 Å². The van der Waals surface area contributed by atoms with Crippen molar-refractivity contribution in [3.63, 3.8) is 0 Å². The average molecular weight is 210 g/mol. The van der Waals surface area contributed by atoms with Crippen LogP contribution < -0.4 is 5.32 Å². The van der Waals surface area contributed by atoms with E-state index in [1.54, 1.807) is 0 Å². The first kappa shape index (κ1) is 10.9. The molecule has 0 aromatic heterocycles. The lowest BCUT2D eigenvalue weighted by atomic mass is 9.93. The summed E-state index contributed by atoms with van der Waals surface area (Å²) in [7, 11) is 0. The van der Waals surface area contributed by atoms with Crippen molar-refractivity contribution in [2.24, 2.45) is 11.3 Å². The van der Waals surface area contributed by atoms with Gasteiger partial charge in [0.25, 0.3) is 0 Å². The molecule has 2 rings (SSSR count). The van der Waals surface area contributed by atoms with E-state index in [9.17, 15) is 4.79 Å². The summed E-state index contributed by atoms with van der Waals surface area (Å²) in [6, 6.07) is 0. The molecule has 2 heterocycles. The number of hydrogen-bond acceptors (Lipinski definition) is 2. The van der Waals surface area contributed by atoms with Crippen LogP contribution in [0.15, 0.2) is 0 Å². The van der Waals surface area contributed by atoms with Gasteiger partial charge in [0.1, 0.15) is 0 Å². The quantitative estimate of drug-likeness (QED) is 0.760. The maximum Gasteiger partial charge on any atom is 0.223 e. The van der Waals surface area contributed by atoms with Gasteiger partial charge in [-0.2, -0.15) is 0 Å². The lowest BCUT2D eigenvalue weighted by molar-refractivity contribution is -0.127. The van der Waals surface area contributed by atoms with Gasteiger partial charge in [-0.1, -0.05) is 13.8 Å². The molecule has 2 aliphatic heterocycles. The summed E-state index contributed by atoms with van der Waals surface area (Å²) in [6.45, 7) is 8.58. The third-order valence-electron chi connectivity index (χ3n) is 3.57. The molecule has 3 heteroatoms. The Hall–Kier alpha value is -0.570. The van der Waals surface area contributed by atoms with Crippen molar-refractivity contribution in [1.29, 1.82) is 0 Å². The van der Waals surface area contributed by atoms with E-state index < -0.39 is 0 Å². The standard InChI is InChI=1S/C12H22N2O/c1-12(2)7-11(15)14(9-12)6-4-10-3-5-13-8-10/h10,13H,3-9H2,1-2H3. The van der Waals surface area contributed by atoms with Crippen LogP contribution in [-0.2, 0) is 4.79 Å². The maximum absolute atomic E-state index is 11.7. The summed E-state index contributed by atoms with van der Waals surface area (Å²) in [5.41, 5.74) is 0.199. The van der Waals surface area contributed by atoms with Gasteiger partial charge in [-0.25, -0.2) is 0 Å². The number of nitrogens with zero attached hydrogens (tertiary/aromatic N) is 1. The van der Waals surface area contributed by atoms with Crippen molar-refractivity contribution in [3.8, 4) is 0 Å². The molecule has 0 aromatic carbocycles. The number of carbonyl (C=O) groups excluding carboxylic acids is 1. The zero-order valence-corrected chi connectivity index (χ0v) is 9.88. The van der Waals surface area contributed by atoms with Crippen LogP contribution in [0.1, 0.15) is 33.1 Å². The fourth-order valence-corrected chi connectivity index (χ4v) is 2.68. The predicted octanol–water partition coefficient (Wildman–Crippen LogP) is 1.24. The van der Waals surface area contributed by atoms with E-state index in [4.69, 9.17) is 0 Å². The molecule has 0 bridgehead atoms. The molecule has 3 nitrogen and oxygen atoms in total. The first-order valence-corrected chi connectivity index (χ1v) is 6.05. The van der Waals surface area contributed by atoms with Crippen molar-refractivity contribution in [2.45, 2.75) is 33.1 Å². The molecule has 0 saturated carbocycles. The Morgan fingerprint density at radius 2 is 2.33 bits per heavy atom. The molecular formula is C12H22N2O. The highest BCUT2D eigenvalue weighted by Crippen LogP contribution is 2.30. The van der Waals surface area contributed by atoms with Crippen LogP contribution >= 0.6 is 0 Å². The lowest BCUT2D eigenvalue weighted by Crippen LogP contribution is -2.29. The van der Waals surface area contributed by atoms with Gasteiger partial charge in [-0.15, -0.1) is 0 Å². The van der Waals surface area contributed by atoms with Crippen LogP contribution in [0.25, 0.3) is 0 Å². The number of nitrogens with one attached hydrogen (secondary N) is 1. The Morgan fingerprint density at radius 1 is 1.53 bits per heavy atom. The molecule has 1 N–H and O–H groups in total. The smallest absolute Gasteiger partial charge is 0.223 e. The number of hydrogen-bond donors (Lipinski definition) is 1. The summed E-state index contributed by atoms with van der Waals surface area (Å²) < 4.78 is 0. The Balaban J connectivity index is 1.77. The van der Waals surface area contributed by atoms with E-state index in [1.165, 1.54) is 12.8 Å². The van der Waals surface area contributed by atoms with Gasteiger partial charge in [0.05, 0.1) is 0 Å². The molecule has 0 aromatic rings. The summed E-state index contributed by atoms with van der Waals surface area (Å²) >= 11 is 0. The molecule has 0 spiro atoms. The van der Waals surface area contributed by atoms with Crippen LogP contribution in [0.5, 0.6) is 0 Å². The number of rotatable bonds is 3. The largest absolute Gasteiger partial charge is 0.342 e. The van der Waals surface area contributed by atoms with Crippen molar-refractivity contribution in [2.75, 3.05) is 26.2 Å². The van der Waals surface area contributed by atoms with Gasteiger partial charge < -0.3 is 10.2 Å². The van der Waals surface area contributed by atoms with Crippen LogP contribution in [0.4, 0.5) is 0 Å². The molecule has 2 saturated heterocycles. The van der Waals surface area contributed by atoms with Crippen molar-refractivity contribution >= 4 is 5.91 Å². The summed E-state index contributed by atoms with van der Waals surface area (Å²) in [5.74, 6) is 1.15. The second kappa shape index (κ2) is 4.12. The second-order valence-corrected chi connectivity index (χ2v) is 5.80. The first-order chi connectivity index (χ1) is 7.07. The van der Waals surface area contributed by atoms with Gasteiger partial charge in [-0.3, -0.25) is 4.79 Å². The zero-order chi connectivity index (χ0) is 10.9. The van der Waals surface area contributed by atoms with Crippen LogP contribution in [0.3, 0.4) is 0 Å². The predicted molar refractivity (Wildman–Crippen MR) is 60.6 cm³/mol. The molecule has 1 unspecified atom stereocenters. The monoisotopic (exact) mass is 210 g/mol. The van der Waals surface area contributed by atoms with E-state index in [2.05, 4.69) is 24.1 Å². The average Bonchev–Trinajstić information content (AvgIpc) is 2.70. The molecule has 1 amide bonds. The van der Waals surface area contributed by atoms with E-state index in [0.717, 1.165) is 38.5 Å². The Bertz CT molecular complexity index is 244. The third-order valence-corrected chi connectivity index (χ3v) is 3.57. The summed E-state index contributed by atoms with van der Waals surface area (Å²) in [6.07, 6.45) is 3.19. The number of amides is 1. The first-order valence-electron chi connectivity index (χ1n) is 6.05. The number of likely N-dealkylation sites (tertiary alicyclic amines) is 1. The van der Waals surface area contributed by atoms with Crippen LogP contribution in [0.2, 0.25) is 0 Å². The van der Waals surface area contributed by atoms with Crippen molar-refractivity contribution < 1.29 is 4.79 Å². The lowest BCUT2D eigenvalue weighted by Gasteiger charge is -2.20. The molecule has 2 fully saturated rings. The Morgan fingerprint density at radius 3 is 2.87 bits per heavy atom. The fourth-order valence-electron chi connectivity index (χ4n) is 2.68. The molecule has 2 aliphatic rings. The van der Waals surface area contributed by atoms with Gasteiger partial charge in [0, 0.05) is 19.5 Å². The fraction of sp³-hybridized carbons (Fsp3) is 0.917. The van der Waals surface area contributed by atoms with Gasteiger partial charge >= 0.3 is 0 Å². The minimum atomic E-state index is 0.199. The minimum Gasteiger partial charge on any atom is -0.342 e. The highest BCUT2D eigenvalue weighted by atomic mass is 16.2. The molecular weight excluding hydrogens is 188 g/mol. The molecule has 0 radical (unpaired) electrons. The van der Waals surface area contributed by atoms with Gasteiger partial charge in [0.15, 0.2) is 0 Å². The zero-order valence-electron chi connectivity index (χ0n) is 9.88. The van der Waals surface area contributed by atoms with Gasteiger partial charge in [-0.05, 0) is 37.3 Å². The van der Waals surface area contributed by atoms with Crippen LogP contribution in [-0.4, -0.2) is 37.0 Å². The van der Waals surface area contributed by atoms with Crippen molar-refractivity contribution in [1.82, 2.24) is 10.2 Å². The maximum atomic E-state index is 11.7. The Labute approximate surface area is 92.2 Å². The highest BCUT2D eigenvalue weighted by molar-refractivity contribution is 5.79. The van der Waals surface area contributed by atoms with E-state index in [-0.39, 0.29) is 5.41 Å². The van der Waals surface area contributed by atoms with Crippen molar-refractivity contribution in [3.05, 3.63) is 0 Å². The van der Waals surface area contributed by atoms with E-state index in [0.29, 0.717) is 5.91 Å². The minimum absolute atomic E-state index is 0.199. The number of carbonyl (C=O) groups is 1. The molecule has 15 heavy (non-hydrogen) atoms. The van der Waals surface area contributed by atoms with Crippen LogP contribution in [0, 0.1) is 11.3 Å². The second-order valence-electron chi connectivity index (χ2n) is 5.80. The SMILES string of the molecule is CC1(C)CC(=O)N(CCC2CCNC2)C1. The molecule has 0 aliphatic carbocycles. The molecule has 1 atom stereocenters. The normalized spacial score (nSPS) is 30.1. The van der Waals surface area contributed by atoms with Gasteiger partial charge in [0.2, 0.25) is 5.91 Å². The molecule has 86 valence electrons. The highest BCUT2D eigenvalue weighted by Gasteiger charge is 2.35. The Kier molecular flexibility index (Phi) is 3.01. The third kappa shape index (κ3) is 2.71. The summed E-state index contributed by atoms with van der Waals surface area (Å²) in [4.78, 5) is 13.8. The summed E-state index contributed by atoms with van der Waals surface area (Å²) in [5, 5.41) is 3.37.